The van der Waals surface area contributed by atoms with E-state index >= 15 is 0 Å². The van der Waals surface area contributed by atoms with Gasteiger partial charge in [0.15, 0.2) is 0 Å². The normalized spacial score (nSPS) is 10.8. The number of carbonyl (C=O) groups excluding carboxylic acids is 5. The summed E-state index contributed by atoms with van der Waals surface area (Å²) in [4.78, 5) is 61.6. The molecule has 0 bridgehead atoms. The third kappa shape index (κ3) is 12.8. The van der Waals surface area contributed by atoms with Crippen molar-refractivity contribution < 1.29 is 61.2 Å². The van der Waals surface area contributed by atoms with Crippen molar-refractivity contribution in [3.63, 3.8) is 0 Å². The number of rotatable bonds is 20. The first-order valence-corrected chi connectivity index (χ1v) is 18.4. The third-order valence-corrected chi connectivity index (χ3v) is 9.68. The molecule has 3 aromatic carbocycles. The number of allylic oxidation sites excluding steroid dienone is 2. The Kier molecular flexibility index (Phi) is 16.1. The van der Waals surface area contributed by atoms with E-state index in [1.807, 2.05) is 0 Å². The molecule has 16 heteroatoms. The molecule has 300 valence electrons. The van der Waals surface area contributed by atoms with E-state index in [1.165, 1.54) is 60.7 Å². The van der Waals surface area contributed by atoms with Gasteiger partial charge in [-0.15, -0.1) is 13.2 Å². The summed E-state index contributed by atoms with van der Waals surface area (Å²) in [5.41, 5.74) is 0.0968. The van der Waals surface area contributed by atoms with E-state index in [0.29, 0.717) is 16.7 Å². The van der Waals surface area contributed by atoms with Gasteiger partial charge in [0, 0.05) is 35.2 Å². The number of ether oxygens (including phenoxy) is 5. The largest absolute Gasteiger partial charge is 0.508 e. The zero-order valence-electron chi connectivity index (χ0n) is 31.1. The topological polar surface area (TPSA) is 210 Å². The van der Waals surface area contributed by atoms with E-state index in [1.54, 1.807) is 13.0 Å². The van der Waals surface area contributed by atoms with Crippen LogP contribution in [0.25, 0.3) is 0 Å². The van der Waals surface area contributed by atoms with Crippen LogP contribution >= 0.6 is 0 Å². The summed E-state index contributed by atoms with van der Waals surface area (Å²) in [7, 11) is -4.04. The Morgan fingerprint density at radius 3 is 1.72 bits per heavy atom. The number of sulfone groups is 1. The summed E-state index contributed by atoms with van der Waals surface area (Å²) in [5.74, 6) is -2.56. The molecule has 3 aromatic rings. The van der Waals surface area contributed by atoms with Crippen LogP contribution < -0.4 is 15.4 Å². The molecule has 3 N–H and O–H groups in total. The average molecular weight is 803 g/mol. The quantitative estimate of drug-likeness (QED) is 0.0495. The molecule has 57 heavy (non-hydrogen) atoms. The zero-order valence-corrected chi connectivity index (χ0v) is 31.9. The molecule has 3 rings (SSSR count). The predicted octanol–water partition coefficient (Wildman–Crippen LogP) is 6.32. The van der Waals surface area contributed by atoms with E-state index in [4.69, 9.17) is 23.7 Å². The van der Waals surface area contributed by atoms with Crippen molar-refractivity contribution in [3.05, 3.63) is 135 Å². The predicted molar refractivity (Wildman–Crippen MR) is 209 cm³/mol. The van der Waals surface area contributed by atoms with Crippen molar-refractivity contribution in [1.29, 1.82) is 0 Å². The second kappa shape index (κ2) is 20.7. The Morgan fingerprint density at radius 2 is 1.18 bits per heavy atom. The summed E-state index contributed by atoms with van der Waals surface area (Å²) in [6, 6.07) is 12.5. The Balaban J connectivity index is 1.77. The molecular weight excluding hydrogens is 761 g/mol. The maximum absolute atomic E-state index is 13.5. The lowest BCUT2D eigenvalue weighted by Crippen LogP contribution is -2.44. The second-order valence-corrected chi connectivity index (χ2v) is 14.2. The van der Waals surface area contributed by atoms with Gasteiger partial charge in [-0.2, -0.15) is 0 Å². The van der Waals surface area contributed by atoms with Crippen molar-refractivity contribution >= 4 is 51.3 Å². The average Bonchev–Trinajstić information content (AvgIpc) is 3.19. The molecule has 0 aliphatic carbocycles. The number of phenols is 1. The van der Waals surface area contributed by atoms with Gasteiger partial charge < -0.3 is 28.8 Å². The van der Waals surface area contributed by atoms with Crippen LogP contribution in [-0.4, -0.2) is 70.0 Å². The SMILES string of the molecule is C=CCc1cc(S(=O)(=O)c2ccc(OC(=O)Nc3ccc(C)c(NC(=O)OCC(COC(=O)C=C)(COC(=O)C=C)COC(=O)C=C)c3)c(CC=C)c2)ccc1O. The first kappa shape index (κ1) is 44.5. The van der Waals surface area contributed by atoms with Crippen LogP contribution in [0.5, 0.6) is 11.5 Å². The highest BCUT2D eigenvalue weighted by atomic mass is 32.2. The fraction of sp³-hybridized carbons (Fsp3) is 0.195. The molecule has 0 fully saturated rings. The molecule has 0 atom stereocenters. The van der Waals surface area contributed by atoms with Crippen LogP contribution in [0, 0.1) is 12.3 Å². The number of carbonyl (C=O) groups is 5. The summed E-state index contributed by atoms with van der Waals surface area (Å²) in [5, 5.41) is 15.2. The minimum atomic E-state index is -4.04. The van der Waals surface area contributed by atoms with E-state index < -0.39 is 71.8 Å². The number of hydrogen-bond donors (Lipinski definition) is 3. The maximum atomic E-state index is 13.5. The van der Waals surface area contributed by atoms with Gasteiger partial charge in [-0.3, -0.25) is 10.6 Å². The van der Waals surface area contributed by atoms with E-state index in [9.17, 15) is 37.5 Å². The van der Waals surface area contributed by atoms with E-state index in [-0.39, 0.29) is 45.5 Å². The number of anilines is 2. The van der Waals surface area contributed by atoms with Crippen LogP contribution in [0.15, 0.2) is 128 Å². The molecule has 0 saturated carbocycles. The number of phenolic OH excluding ortho intramolecular Hbond substituents is 1. The number of aryl methyl sites for hydroxylation is 1. The first-order valence-electron chi connectivity index (χ1n) is 16.9. The highest BCUT2D eigenvalue weighted by molar-refractivity contribution is 7.91. The number of benzene rings is 3. The Labute approximate surface area is 329 Å². The molecule has 15 nitrogen and oxygen atoms in total. The van der Waals surface area contributed by atoms with Crippen LogP contribution in [0.2, 0.25) is 0 Å². The molecule has 0 radical (unpaired) electrons. The zero-order chi connectivity index (χ0) is 42.2. The van der Waals surface area contributed by atoms with E-state index in [0.717, 1.165) is 18.2 Å². The summed E-state index contributed by atoms with van der Waals surface area (Å²) < 4.78 is 53.3. The second-order valence-electron chi connectivity index (χ2n) is 12.2. The fourth-order valence-corrected chi connectivity index (χ4v) is 6.22. The van der Waals surface area contributed by atoms with Crippen LogP contribution in [0.1, 0.15) is 16.7 Å². The molecule has 0 aliphatic heterocycles. The molecular formula is C41H42N2O13S. The highest BCUT2D eigenvalue weighted by Crippen LogP contribution is 2.31. The maximum Gasteiger partial charge on any atom is 0.417 e. The standard InChI is InChI=1S/C41H42N2O13S/c1-7-12-28-20-31(16-18-34(28)44)57(50,51)32-17-19-35(29(21-32)13-8-2)56-40(49)42-30-15-14-27(6)33(22-30)43-39(48)55-26-41(23-52-36(45)9-3,24-53-37(46)10-4)25-54-38(47)11-5/h7-11,14-22,44H,1-5,12-13,23-26H2,6H3,(H,42,49)(H,43,48). The molecule has 0 unspecified atom stereocenters. The van der Waals surface area contributed by atoms with Crippen molar-refractivity contribution in [1.82, 2.24) is 0 Å². The highest BCUT2D eigenvalue weighted by Gasteiger charge is 2.37. The van der Waals surface area contributed by atoms with Crippen LogP contribution in [0.3, 0.4) is 0 Å². The van der Waals surface area contributed by atoms with E-state index in [2.05, 4.69) is 43.5 Å². The Hall–Kier alpha value is -6.94. The smallest absolute Gasteiger partial charge is 0.417 e. The van der Waals surface area contributed by atoms with Gasteiger partial charge >= 0.3 is 30.1 Å². The summed E-state index contributed by atoms with van der Waals surface area (Å²) in [6.45, 7) is 16.8. The van der Waals surface area contributed by atoms with Crippen molar-refractivity contribution in [2.45, 2.75) is 29.6 Å². The minimum absolute atomic E-state index is 0.0443. The van der Waals surface area contributed by atoms with Gasteiger partial charge in [-0.25, -0.2) is 32.4 Å². The van der Waals surface area contributed by atoms with Crippen LogP contribution in [-0.2, 0) is 56.0 Å². The molecule has 0 spiro atoms. The molecule has 2 amide bonds. The molecule has 0 aromatic heterocycles. The van der Waals surface area contributed by atoms with Gasteiger partial charge in [-0.1, -0.05) is 38.0 Å². The molecule has 0 heterocycles. The van der Waals surface area contributed by atoms with Crippen LogP contribution in [0.4, 0.5) is 21.0 Å². The van der Waals surface area contributed by atoms with Gasteiger partial charge in [0.1, 0.15) is 43.3 Å². The molecule has 0 saturated heterocycles. The Morgan fingerprint density at radius 1 is 0.667 bits per heavy atom. The van der Waals surface area contributed by atoms with Crippen molar-refractivity contribution in [2.75, 3.05) is 37.1 Å². The summed E-state index contributed by atoms with van der Waals surface area (Å²) in [6.07, 6.45) is 4.14. The lowest BCUT2D eigenvalue weighted by atomic mass is 9.92. The van der Waals surface area contributed by atoms with Gasteiger partial charge in [-0.05, 0) is 79.4 Å². The Bertz CT molecular complexity index is 2120. The van der Waals surface area contributed by atoms with Gasteiger partial charge in [0.25, 0.3) is 0 Å². The number of amides is 2. The number of esters is 3. The lowest BCUT2D eigenvalue weighted by Gasteiger charge is -2.31. The number of aromatic hydroxyl groups is 1. The lowest BCUT2D eigenvalue weighted by molar-refractivity contribution is -0.158. The van der Waals surface area contributed by atoms with Gasteiger partial charge in [0.05, 0.1) is 9.79 Å². The number of nitrogens with one attached hydrogen (secondary N) is 2. The molecule has 0 aliphatic rings. The van der Waals surface area contributed by atoms with Crippen molar-refractivity contribution in [3.8, 4) is 11.5 Å². The van der Waals surface area contributed by atoms with Crippen molar-refractivity contribution in [2.24, 2.45) is 5.41 Å². The fourth-order valence-electron chi connectivity index (χ4n) is 4.86. The number of hydrogen-bond acceptors (Lipinski definition) is 13. The minimum Gasteiger partial charge on any atom is -0.508 e. The summed E-state index contributed by atoms with van der Waals surface area (Å²) >= 11 is 0. The van der Waals surface area contributed by atoms with Gasteiger partial charge in [0.2, 0.25) is 9.84 Å². The third-order valence-electron chi connectivity index (χ3n) is 7.93. The first-order chi connectivity index (χ1) is 27.1. The monoisotopic (exact) mass is 802 g/mol.